The number of rotatable bonds is 5. The number of likely N-dealkylation sites (tertiary alicyclic amines) is 1. The van der Waals surface area contributed by atoms with Gasteiger partial charge in [-0.2, -0.15) is 5.26 Å². The summed E-state index contributed by atoms with van der Waals surface area (Å²) in [6.07, 6.45) is 3.40. The van der Waals surface area contributed by atoms with Crippen LogP contribution in [-0.2, 0) is 11.2 Å². The topological polar surface area (TPSA) is 66.2 Å². The van der Waals surface area contributed by atoms with E-state index in [1.54, 1.807) is 29.3 Å². The lowest BCUT2D eigenvalue weighted by Gasteiger charge is -2.37. The van der Waals surface area contributed by atoms with Crippen molar-refractivity contribution in [3.8, 4) is 11.8 Å². The number of amides is 1. The summed E-state index contributed by atoms with van der Waals surface area (Å²) < 4.78 is 18.9. The Balaban J connectivity index is 1.35. The van der Waals surface area contributed by atoms with Gasteiger partial charge in [0.25, 0.3) is 5.91 Å². The van der Waals surface area contributed by atoms with Crippen LogP contribution in [0.25, 0.3) is 10.9 Å². The van der Waals surface area contributed by atoms with Crippen LogP contribution in [0.3, 0.4) is 0 Å². The smallest absolute Gasteiger partial charge is 0.260 e. The number of piperidine rings is 1. The third-order valence-electron chi connectivity index (χ3n) is 5.73. The lowest BCUT2D eigenvalue weighted by atomic mass is 9.75. The number of carbonyl (C=O) groups is 1. The van der Waals surface area contributed by atoms with Crippen molar-refractivity contribution in [3.63, 3.8) is 0 Å². The zero-order chi connectivity index (χ0) is 21.0. The number of halogens is 1. The van der Waals surface area contributed by atoms with Gasteiger partial charge in [-0.15, -0.1) is 0 Å². The molecule has 0 aliphatic carbocycles. The Morgan fingerprint density at radius 1 is 1.13 bits per heavy atom. The van der Waals surface area contributed by atoms with Crippen LogP contribution in [0.1, 0.15) is 18.4 Å². The highest BCUT2D eigenvalue weighted by Crippen LogP contribution is 2.34. The number of carbonyl (C=O) groups excluding carboxylic acids is 1. The van der Waals surface area contributed by atoms with Crippen molar-refractivity contribution in [1.29, 1.82) is 5.26 Å². The normalized spacial score (nSPS) is 15.5. The Hall–Kier alpha value is -3.46. The van der Waals surface area contributed by atoms with Crippen LogP contribution >= 0.6 is 0 Å². The van der Waals surface area contributed by atoms with Gasteiger partial charge in [-0.25, -0.2) is 4.39 Å². The number of pyridine rings is 1. The van der Waals surface area contributed by atoms with Crippen LogP contribution < -0.4 is 4.74 Å². The Labute approximate surface area is 174 Å². The van der Waals surface area contributed by atoms with E-state index in [1.807, 2.05) is 24.3 Å². The van der Waals surface area contributed by atoms with E-state index < -0.39 is 5.41 Å². The molecule has 0 N–H and O–H groups in total. The predicted octanol–water partition coefficient (Wildman–Crippen LogP) is 4.13. The maximum atomic E-state index is 13.1. The molecule has 2 aromatic carbocycles. The molecule has 5 nitrogen and oxygen atoms in total. The van der Waals surface area contributed by atoms with Gasteiger partial charge in [0.1, 0.15) is 11.6 Å². The molecule has 0 atom stereocenters. The van der Waals surface area contributed by atoms with Crippen molar-refractivity contribution < 1.29 is 13.9 Å². The van der Waals surface area contributed by atoms with E-state index in [1.165, 1.54) is 12.1 Å². The molecule has 1 aliphatic heterocycles. The Morgan fingerprint density at radius 2 is 1.87 bits per heavy atom. The second-order valence-electron chi connectivity index (χ2n) is 7.69. The highest BCUT2D eigenvalue weighted by Gasteiger charge is 2.36. The summed E-state index contributed by atoms with van der Waals surface area (Å²) in [5.74, 6) is 0.255. The number of benzene rings is 2. The fraction of sp³-hybridized carbons (Fsp3) is 0.292. The average Bonchev–Trinajstić information content (AvgIpc) is 2.79. The molecule has 0 spiro atoms. The molecule has 1 saturated heterocycles. The number of fused-ring (bicyclic) bond motifs is 1. The largest absolute Gasteiger partial charge is 0.483 e. The summed E-state index contributed by atoms with van der Waals surface area (Å²) in [7, 11) is 0. The molecular weight excluding hydrogens is 381 g/mol. The van der Waals surface area contributed by atoms with E-state index in [-0.39, 0.29) is 18.3 Å². The third kappa shape index (κ3) is 4.25. The van der Waals surface area contributed by atoms with E-state index >= 15 is 0 Å². The van der Waals surface area contributed by atoms with Gasteiger partial charge >= 0.3 is 0 Å². The van der Waals surface area contributed by atoms with E-state index in [4.69, 9.17) is 4.74 Å². The molecule has 0 radical (unpaired) electrons. The monoisotopic (exact) mass is 403 g/mol. The fourth-order valence-electron chi connectivity index (χ4n) is 3.93. The summed E-state index contributed by atoms with van der Waals surface area (Å²) >= 11 is 0. The highest BCUT2D eigenvalue weighted by molar-refractivity contribution is 5.85. The first-order valence-corrected chi connectivity index (χ1v) is 9.99. The van der Waals surface area contributed by atoms with Gasteiger partial charge in [-0.05, 0) is 55.2 Å². The molecule has 152 valence electrons. The highest BCUT2D eigenvalue weighted by atomic mass is 19.1. The van der Waals surface area contributed by atoms with Crippen LogP contribution in [0.4, 0.5) is 4.39 Å². The van der Waals surface area contributed by atoms with Crippen molar-refractivity contribution in [2.24, 2.45) is 5.41 Å². The zero-order valence-electron chi connectivity index (χ0n) is 16.6. The Bertz CT molecular complexity index is 1080. The van der Waals surface area contributed by atoms with Crippen molar-refractivity contribution in [2.75, 3.05) is 19.7 Å². The molecule has 1 fully saturated rings. The van der Waals surface area contributed by atoms with Gasteiger partial charge in [0, 0.05) is 24.7 Å². The number of para-hydroxylation sites is 1. The number of hydrogen-bond acceptors (Lipinski definition) is 4. The number of hydrogen-bond donors (Lipinski definition) is 0. The molecule has 0 saturated carbocycles. The maximum Gasteiger partial charge on any atom is 0.260 e. The average molecular weight is 403 g/mol. The van der Waals surface area contributed by atoms with Gasteiger partial charge in [-0.1, -0.05) is 24.3 Å². The van der Waals surface area contributed by atoms with Crippen molar-refractivity contribution in [1.82, 2.24) is 9.88 Å². The van der Waals surface area contributed by atoms with E-state index in [0.717, 1.165) is 16.5 Å². The number of nitrogens with zero attached hydrogens (tertiary/aromatic N) is 3. The van der Waals surface area contributed by atoms with Crippen molar-refractivity contribution >= 4 is 16.8 Å². The number of nitriles is 1. The maximum absolute atomic E-state index is 13.1. The van der Waals surface area contributed by atoms with Crippen molar-refractivity contribution in [2.45, 2.75) is 19.3 Å². The van der Waals surface area contributed by atoms with Gasteiger partial charge in [-0.3, -0.25) is 9.78 Å². The second-order valence-corrected chi connectivity index (χ2v) is 7.69. The fourth-order valence-corrected chi connectivity index (χ4v) is 3.93. The van der Waals surface area contributed by atoms with Gasteiger partial charge in [0.2, 0.25) is 0 Å². The van der Waals surface area contributed by atoms with Crippen molar-refractivity contribution in [3.05, 3.63) is 72.2 Å². The first-order valence-electron chi connectivity index (χ1n) is 9.99. The summed E-state index contributed by atoms with van der Waals surface area (Å²) in [5, 5.41) is 10.6. The van der Waals surface area contributed by atoms with Gasteiger partial charge < -0.3 is 9.64 Å². The van der Waals surface area contributed by atoms with Crippen LogP contribution in [0, 0.1) is 22.6 Å². The van der Waals surface area contributed by atoms with Gasteiger partial charge in [0.15, 0.2) is 6.61 Å². The number of aromatic nitrogens is 1. The van der Waals surface area contributed by atoms with E-state index in [0.29, 0.717) is 38.1 Å². The lowest BCUT2D eigenvalue weighted by Crippen LogP contribution is -2.45. The van der Waals surface area contributed by atoms with Crippen LogP contribution in [0.2, 0.25) is 0 Å². The van der Waals surface area contributed by atoms with E-state index in [9.17, 15) is 14.4 Å². The molecule has 4 rings (SSSR count). The quantitative estimate of drug-likeness (QED) is 0.643. The molecule has 6 heteroatoms. The first kappa shape index (κ1) is 19.8. The minimum Gasteiger partial charge on any atom is -0.483 e. The molecule has 0 bridgehead atoms. The van der Waals surface area contributed by atoms with Crippen LogP contribution in [0.5, 0.6) is 5.75 Å². The second kappa shape index (κ2) is 8.50. The first-order chi connectivity index (χ1) is 14.6. The minimum absolute atomic E-state index is 0.0501. The van der Waals surface area contributed by atoms with Gasteiger partial charge in [0.05, 0.1) is 17.0 Å². The third-order valence-corrected chi connectivity index (χ3v) is 5.73. The van der Waals surface area contributed by atoms with E-state index in [2.05, 4.69) is 11.1 Å². The molecule has 0 unspecified atom stereocenters. The summed E-state index contributed by atoms with van der Waals surface area (Å²) in [6, 6.07) is 18.1. The van der Waals surface area contributed by atoms with Crippen LogP contribution in [0.15, 0.2) is 60.8 Å². The molecule has 3 aromatic rings. The molecule has 30 heavy (non-hydrogen) atoms. The summed E-state index contributed by atoms with van der Waals surface area (Å²) in [6.45, 7) is 0.966. The van der Waals surface area contributed by atoms with Crippen LogP contribution in [-0.4, -0.2) is 35.5 Å². The Kier molecular flexibility index (Phi) is 5.62. The SMILES string of the molecule is N#CC1(Cc2ccc(F)cc2)CCN(C(=O)COc2ccnc3ccccc23)CC1. The standard InChI is InChI=1S/C24H22FN3O2/c25-19-7-5-18(6-8-19)15-24(17-26)10-13-28(14-11-24)23(29)16-30-22-9-12-27-21-4-2-1-3-20(21)22/h1-9,12H,10-11,13-16H2. The molecule has 1 aliphatic rings. The molecule has 1 amide bonds. The molecular formula is C24H22FN3O2. The zero-order valence-corrected chi connectivity index (χ0v) is 16.6. The molecule has 1 aromatic heterocycles. The summed E-state index contributed by atoms with van der Waals surface area (Å²) in [5.41, 5.74) is 1.22. The molecule has 2 heterocycles. The number of ether oxygens (including phenoxy) is 1. The lowest BCUT2D eigenvalue weighted by molar-refractivity contribution is -0.135. The minimum atomic E-state index is -0.531. The Morgan fingerprint density at radius 3 is 2.60 bits per heavy atom. The summed E-state index contributed by atoms with van der Waals surface area (Å²) in [4.78, 5) is 18.7. The predicted molar refractivity (Wildman–Crippen MR) is 111 cm³/mol.